The summed E-state index contributed by atoms with van der Waals surface area (Å²) in [6.45, 7) is -0.394. The Morgan fingerprint density at radius 1 is 1.45 bits per heavy atom. The summed E-state index contributed by atoms with van der Waals surface area (Å²) in [7, 11) is 0. The van der Waals surface area contributed by atoms with E-state index in [0.717, 1.165) is 0 Å². The first-order chi connectivity index (χ1) is 9.56. The minimum atomic E-state index is -0.576. The average molecular weight is 341 g/mol. The van der Waals surface area contributed by atoms with Crippen molar-refractivity contribution < 1.29 is 19.0 Å². The van der Waals surface area contributed by atoms with Crippen LogP contribution in [0.15, 0.2) is 41.0 Å². The lowest BCUT2D eigenvalue weighted by Crippen LogP contribution is -2.21. The van der Waals surface area contributed by atoms with Crippen molar-refractivity contribution in [1.29, 1.82) is 0 Å². The van der Waals surface area contributed by atoms with E-state index in [9.17, 15) is 14.3 Å². The summed E-state index contributed by atoms with van der Waals surface area (Å²) in [6, 6.07) is 7.15. The van der Waals surface area contributed by atoms with Crippen molar-refractivity contribution >= 4 is 27.7 Å². The second-order valence-corrected chi connectivity index (χ2v) is 4.70. The molecule has 0 fully saturated rings. The Morgan fingerprint density at radius 3 is 2.95 bits per heavy atom. The molecule has 1 aromatic carbocycles. The van der Waals surface area contributed by atoms with Crippen molar-refractivity contribution in [3.05, 3.63) is 46.8 Å². The quantitative estimate of drug-likeness (QED) is 0.897. The van der Waals surface area contributed by atoms with Crippen LogP contribution < -0.4 is 10.1 Å². The fraction of sp³-hybridized carbons (Fsp3) is 0.0769. The molecule has 0 atom stereocenters. The second kappa shape index (κ2) is 6.33. The number of pyridine rings is 1. The van der Waals surface area contributed by atoms with Crippen molar-refractivity contribution in [2.45, 2.75) is 0 Å². The summed E-state index contributed by atoms with van der Waals surface area (Å²) in [6.07, 6.45) is 1.42. The minimum absolute atomic E-state index is 0.0254. The Bertz CT molecular complexity index is 637. The third kappa shape index (κ3) is 3.67. The van der Waals surface area contributed by atoms with E-state index in [1.165, 1.54) is 30.5 Å². The lowest BCUT2D eigenvalue weighted by atomic mass is 10.3. The number of amides is 1. The Morgan fingerprint density at radius 2 is 2.25 bits per heavy atom. The molecule has 0 radical (unpaired) electrons. The zero-order valence-electron chi connectivity index (χ0n) is 10.1. The van der Waals surface area contributed by atoms with Crippen LogP contribution in [0.2, 0.25) is 0 Å². The van der Waals surface area contributed by atoms with Crippen LogP contribution in [0, 0.1) is 5.82 Å². The Kier molecular flexibility index (Phi) is 4.52. The zero-order valence-corrected chi connectivity index (χ0v) is 11.7. The van der Waals surface area contributed by atoms with Crippen LogP contribution in [-0.2, 0) is 4.79 Å². The first kappa shape index (κ1) is 14.3. The Labute approximate surface area is 122 Å². The molecule has 5 nitrogen and oxygen atoms in total. The average Bonchev–Trinajstić information content (AvgIpc) is 2.40. The number of aromatic nitrogens is 1. The van der Waals surface area contributed by atoms with Gasteiger partial charge < -0.3 is 15.2 Å². The number of nitrogens with one attached hydrogen (secondary N) is 1. The van der Waals surface area contributed by atoms with Crippen molar-refractivity contribution in [3.8, 4) is 11.5 Å². The molecular weight excluding hydrogens is 331 g/mol. The number of rotatable bonds is 4. The molecule has 2 aromatic rings. The Hall–Kier alpha value is -2.15. The van der Waals surface area contributed by atoms with E-state index in [1.807, 2.05) is 0 Å². The normalized spacial score (nSPS) is 10.1. The van der Waals surface area contributed by atoms with Crippen LogP contribution in [0.1, 0.15) is 0 Å². The van der Waals surface area contributed by atoms with Crippen LogP contribution >= 0.6 is 15.9 Å². The van der Waals surface area contributed by atoms with E-state index in [4.69, 9.17) is 4.74 Å². The lowest BCUT2D eigenvalue weighted by Gasteiger charge is -2.08. The first-order valence-corrected chi connectivity index (χ1v) is 6.37. The molecule has 0 aliphatic carbocycles. The summed E-state index contributed by atoms with van der Waals surface area (Å²) < 4.78 is 19.1. The Balaban J connectivity index is 1.94. The predicted octanol–water partition coefficient (Wildman–Crippen LogP) is 2.71. The van der Waals surface area contributed by atoms with Crippen LogP contribution in [0.25, 0.3) is 0 Å². The predicted molar refractivity (Wildman–Crippen MR) is 74.1 cm³/mol. The summed E-state index contributed by atoms with van der Waals surface area (Å²) in [5.41, 5.74) is 0. The zero-order chi connectivity index (χ0) is 14.5. The highest BCUT2D eigenvalue weighted by Crippen LogP contribution is 2.22. The van der Waals surface area contributed by atoms with E-state index in [-0.39, 0.29) is 17.3 Å². The fourth-order valence-electron chi connectivity index (χ4n) is 1.40. The summed E-state index contributed by atoms with van der Waals surface area (Å²) in [5.74, 6) is -1.30. The van der Waals surface area contributed by atoms with Crippen LogP contribution in [0.4, 0.5) is 10.2 Å². The summed E-state index contributed by atoms with van der Waals surface area (Å²) >= 11 is 3.12. The number of hydrogen-bond acceptors (Lipinski definition) is 4. The molecule has 0 aliphatic rings. The standard InChI is InChI=1S/C13H10BrFN2O3/c14-8-3-4-11(9(15)6-8)20-7-12(19)17-13-10(18)2-1-5-16-13/h1-6,18H,7H2,(H,16,17,19). The molecule has 20 heavy (non-hydrogen) atoms. The maximum Gasteiger partial charge on any atom is 0.263 e. The smallest absolute Gasteiger partial charge is 0.263 e. The molecule has 2 N–H and O–H groups in total. The van der Waals surface area contributed by atoms with Crippen LogP contribution in [0.5, 0.6) is 11.5 Å². The monoisotopic (exact) mass is 340 g/mol. The molecule has 0 saturated heterocycles. The molecule has 2 rings (SSSR count). The third-order valence-corrected chi connectivity index (χ3v) is 2.79. The molecule has 0 spiro atoms. The molecule has 1 amide bonds. The van der Waals surface area contributed by atoms with Crippen molar-refractivity contribution in [3.63, 3.8) is 0 Å². The van der Waals surface area contributed by atoms with Gasteiger partial charge in [0, 0.05) is 10.7 Å². The van der Waals surface area contributed by atoms with Crippen molar-refractivity contribution in [1.82, 2.24) is 4.98 Å². The summed E-state index contributed by atoms with van der Waals surface area (Å²) in [5, 5.41) is 11.8. The highest BCUT2D eigenvalue weighted by molar-refractivity contribution is 9.10. The maximum atomic E-state index is 13.5. The molecule has 1 aromatic heterocycles. The van der Waals surface area contributed by atoms with Gasteiger partial charge in [-0.3, -0.25) is 4.79 Å². The van der Waals surface area contributed by atoms with E-state index in [2.05, 4.69) is 26.2 Å². The number of aromatic hydroxyl groups is 1. The molecule has 1 heterocycles. The number of carbonyl (C=O) groups excluding carboxylic acids is 1. The van der Waals surface area contributed by atoms with Gasteiger partial charge in [-0.05, 0) is 30.3 Å². The van der Waals surface area contributed by atoms with Gasteiger partial charge in [0.05, 0.1) is 0 Å². The number of benzene rings is 1. The molecule has 0 saturated carbocycles. The molecular formula is C13H10BrFN2O3. The molecule has 7 heteroatoms. The van der Waals surface area contributed by atoms with Gasteiger partial charge in [0.2, 0.25) is 0 Å². The van der Waals surface area contributed by atoms with Gasteiger partial charge in [0.1, 0.15) is 0 Å². The van der Waals surface area contributed by atoms with E-state index in [1.54, 1.807) is 6.07 Å². The summed E-state index contributed by atoms with van der Waals surface area (Å²) in [4.78, 5) is 15.4. The number of carbonyl (C=O) groups is 1. The van der Waals surface area contributed by atoms with Gasteiger partial charge in [-0.25, -0.2) is 9.37 Å². The topological polar surface area (TPSA) is 71.5 Å². The van der Waals surface area contributed by atoms with Gasteiger partial charge in [-0.1, -0.05) is 15.9 Å². The van der Waals surface area contributed by atoms with Gasteiger partial charge in [-0.15, -0.1) is 0 Å². The maximum absolute atomic E-state index is 13.5. The number of ether oxygens (including phenoxy) is 1. The fourth-order valence-corrected chi connectivity index (χ4v) is 1.73. The molecule has 0 bridgehead atoms. The van der Waals surface area contributed by atoms with Crippen LogP contribution in [0.3, 0.4) is 0 Å². The number of nitrogens with zero attached hydrogens (tertiary/aromatic N) is 1. The largest absolute Gasteiger partial charge is 0.504 e. The number of anilines is 1. The lowest BCUT2D eigenvalue weighted by molar-refractivity contribution is -0.118. The number of hydrogen-bond donors (Lipinski definition) is 2. The van der Waals surface area contributed by atoms with Crippen LogP contribution in [-0.4, -0.2) is 22.6 Å². The van der Waals surface area contributed by atoms with Gasteiger partial charge in [-0.2, -0.15) is 0 Å². The van der Waals surface area contributed by atoms with E-state index < -0.39 is 18.3 Å². The first-order valence-electron chi connectivity index (χ1n) is 5.58. The third-order valence-electron chi connectivity index (χ3n) is 2.30. The number of halogens is 2. The highest BCUT2D eigenvalue weighted by Gasteiger charge is 2.10. The molecule has 104 valence electrons. The highest BCUT2D eigenvalue weighted by atomic mass is 79.9. The van der Waals surface area contributed by atoms with E-state index >= 15 is 0 Å². The molecule has 0 unspecified atom stereocenters. The minimum Gasteiger partial charge on any atom is -0.504 e. The van der Waals surface area contributed by atoms with Crippen molar-refractivity contribution in [2.24, 2.45) is 0 Å². The van der Waals surface area contributed by atoms with E-state index in [0.29, 0.717) is 4.47 Å². The van der Waals surface area contributed by atoms with Gasteiger partial charge >= 0.3 is 0 Å². The SMILES string of the molecule is O=C(COc1ccc(Br)cc1F)Nc1ncccc1O. The van der Waals surface area contributed by atoms with Gasteiger partial charge in [0.25, 0.3) is 5.91 Å². The molecule has 0 aliphatic heterocycles. The second-order valence-electron chi connectivity index (χ2n) is 3.78. The van der Waals surface area contributed by atoms with Gasteiger partial charge in [0.15, 0.2) is 29.7 Å². The van der Waals surface area contributed by atoms with Crippen molar-refractivity contribution in [2.75, 3.05) is 11.9 Å².